The molecule has 178 valence electrons. The van der Waals surface area contributed by atoms with Crippen molar-refractivity contribution in [1.82, 2.24) is 9.88 Å². The summed E-state index contributed by atoms with van der Waals surface area (Å²) >= 11 is 0. The van der Waals surface area contributed by atoms with Crippen molar-refractivity contribution < 1.29 is 26.5 Å². The van der Waals surface area contributed by atoms with Crippen LogP contribution < -0.4 is 5.32 Å². The summed E-state index contributed by atoms with van der Waals surface area (Å²) in [5.74, 6) is -0.885. The Kier molecular flexibility index (Phi) is 6.63. The van der Waals surface area contributed by atoms with Crippen LogP contribution in [0.5, 0.6) is 0 Å². The molecular formula is C24H23F2N3O4S. The van der Waals surface area contributed by atoms with Gasteiger partial charge in [-0.1, -0.05) is 12.1 Å². The van der Waals surface area contributed by atoms with Crippen LogP contribution in [-0.2, 0) is 10.1 Å². The molecule has 4 rings (SSSR count). The minimum atomic E-state index is -4.61. The number of pyridine rings is 1. The maximum Gasteiger partial charge on any atom is 0.312 e. The minimum Gasteiger partial charge on any atom is -0.355 e. The zero-order valence-corrected chi connectivity index (χ0v) is 19.1. The average Bonchev–Trinajstić information content (AvgIpc) is 2.80. The van der Waals surface area contributed by atoms with E-state index >= 15 is 0 Å². The van der Waals surface area contributed by atoms with Gasteiger partial charge in [-0.3, -0.25) is 9.35 Å². The molecule has 0 atom stereocenters. The SMILES string of the molecule is Cc1cc(F)ccc1Nc1cc(S(=O)(=O)O)ncc1C(=O)N1CCC(c2ccc(F)cc2)CC1. The van der Waals surface area contributed by atoms with Crippen LogP contribution in [0, 0.1) is 18.6 Å². The highest BCUT2D eigenvalue weighted by atomic mass is 32.2. The van der Waals surface area contributed by atoms with Crippen LogP contribution in [-0.4, -0.2) is 41.9 Å². The number of aryl methyl sites for hydroxylation is 1. The number of rotatable bonds is 5. The quantitative estimate of drug-likeness (QED) is 0.507. The number of piperidine rings is 1. The fourth-order valence-electron chi connectivity index (χ4n) is 4.08. The summed E-state index contributed by atoms with van der Waals surface area (Å²) in [6.45, 7) is 2.57. The van der Waals surface area contributed by atoms with Gasteiger partial charge in [0.1, 0.15) is 11.6 Å². The number of hydrogen-bond acceptors (Lipinski definition) is 5. The van der Waals surface area contributed by atoms with Crippen molar-refractivity contribution in [2.45, 2.75) is 30.7 Å². The highest BCUT2D eigenvalue weighted by Crippen LogP contribution is 2.31. The van der Waals surface area contributed by atoms with Gasteiger partial charge in [-0.05, 0) is 67.1 Å². The molecule has 0 bridgehead atoms. The summed E-state index contributed by atoms with van der Waals surface area (Å²) in [5.41, 5.74) is 2.28. The molecule has 1 aromatic heterocycles. The van der Waals surface area contributed by atoms with Crippen LogP contribution >= 0.6 is 0 Å². The van der Waals surface area contributed by atoms with Crippen molar-refractivity contribution in [3.8, 4) is 0 Å². The maximum absolute atomic E-state index is 13.5. The first-order valence-corrected chi connectivity index (χ1v) is 12.1. The van der Waals surface area contributed by atoms with Gasteiger partial charge in [-0.25, -0.2) is 13.8 Å². The number of nitrogens with one attached hydrogen (secondary N) is 1. The lowest BCUT2D eigenvalue weighted by atomic mass is 9.89. The number of halogens is 2. The maximum atomic E-state index is 13.5. The molecule has 3 aromatic rings. The number of amides is 1. The van der Waals surface area contributed by atoms with Crippen molar-refractivity contribution in [3.63, 3.8) is 0 Å². The van der Waals surface area contributed by atoms with Crippen LogP contribution in [0.15, 0.2) is 59.8 Å². The van der Waals surface area contributed by atoms with Gasteiger partial charge in [0.2, 0.25) is 0 Å². The Labute approximate surface area is 196 Å². The van der Waals surface area contributed by atoms with Crippen molar-refractivity contribution in [1.29, 1.82) is 0 Å². The van der Waals surface area contributed by atoms with E-state index in [4.69, 9.17) is 0 Å². The van der Waals surface area contributed by atoms with Gasteiger partial charge in [0.05, 0.1) is 11.3 Å². The summed E-state index contributed by atoms with van der Waals surface area (Å²) in [6, 6.07) is 11.4. The molecule has 1 aliphatic heterocycles. The molecule has 2 heterocycles. The molecule has 7 nitrogen and oxygen atoms in total. The Morgan fingerprint density at radius 3 is 2.29 bits per heavy atom. The van der Waals surface area contributed by atoms with E-state index in [9.17, 15) is 26.5 Å². The molecule has 1 amide bonds. The molecule has 0 radical (unpaired) electrons. The van der Waals surface area contributed by atoms with Crippen LogP contribution in [0.2, 0.25) is 0 Å². The molecule has 34 heavy (non-hydrogen) atoms. The first kappa shape index (κ1) is 23.8. The zero-order valence-electron chi connectivity index (χ0n) is 18.3. The number of carbonyl (C=O) groups is 1. The van der Waals surface area contributed by atoms with E-state index in [1.807, 2.05) is 0 Å². The highest BCUT2D eigenvalue weighted by Gasteiger charge is 2.27. The van der Waals surface area contributed by atoms with Crippen LogP contribution in [0.25, 0.3) is 0 Å². The Morgan fingerprint density at radius 1 is 1.03 bits per heavy atom. The summed E-state index contributed by atoms with van der Waals surface area (Å²) in [4.78, 5) is 18.7. The number of hydrogen-bond donors (Lipinski definition) is 2. The number of carbonyl (C=O) groups excluding carboxylic acids is 1. The number of benzene rings is 2. The smallest absolute Gasteiger partial charge is 0.312 e. The van der Waals surface area contributed by atoms with Gasteiger partial charge in [0, 0.05) is 31.0 Å². The van der Waals surface area contributed by atoms with Crippen LogP contribution in [0.1, 0.15) is 40.2 Å². The predicted molar refractivity (Wildman–Crippen MR) is 123 cm³/mol. The zero-order chi connectivity index (χ0) is 24.5. The van der Waals surface area contributed by atoms with Gasteiger partial charge < -0.3 is 10.2 Å². The first-order valence-electron chi connectivity index (χ1n) is 10.7. The normalized spacial score (nSPS) is 14.8. The van der Waals surface area contributed by atoms with Crippen LogP contribution in [0.4, 0.5) is 20.2 Å². The third-order valence-electron chi connectivity index (χ3n) is 5.95. The van der Waals surface area contributed by atoms with E-state index in [0.717, 1.165) is 17.8 Å². The number of aromatic nitrogens is 1. The highest BCUT2D eigenvalue weighted by molar-refractivity contribution is 7.85. The number of nitrogens with zero attached hydrogens (tertiary/aromatic N) is 2. The van der Waals surface area contributed by atoms with E-state index in [-0.39, 0.29) is 28.9 Å². The summed E-state index contributed by atoms with van der Waals surface area (Å²) < 4.78 is 59.4. The second-order valence-corrected chi connectivity index (χ2v) is 9.61. The lowest BCUT2D eigenvalue weighted by Crippen LogP contribution is -2.38. The Morgan fingerprint density at radius 2 is 1.68 bits per heavy atom. The van der Waals surface area contributed by atoms with Crippen LogP contribution in [0.3, 0.4) is 0 Å². The standard InChI is InChI=1S/C24H23F2N3O4S/c1-15-12-19(26)6-7-21(15)28-22-13-23(34(31,32)33)27-14-20(22)24(30)29-10-8-17(9-11-29)16-2-4-18(25)5-3-16/h2-7,12-14,17H,8-11H2,1H3,(H,27,28)(H,31,32,33). The summed E-state index contributed by atoms with van der Waals surface area (Å²) in [6.07, 6.45) is 2.49. The molecule has 0 saturated carbocycles. The fraction of sp³-hybridized carbons (Fsp3) is 0.250. The molecule has 2 N–H and O–H groups in total. The molecule has 0 aliphatic carbocycles. The molecule has 10 heteroatoms. The molecule has 1 saturated heterocycles. The molecule has 2 aromatic carbocycles. The Bertz CT molecular complexity index is 1320. The largest absolute Gasteiger partial charge is 0.355 e. The Balaban J connectivity index is 1.58. The van der Waals surface area contributed by atoms with Crippen molar-refractivity contribution in [2.75, 3.05) is 18.4 Å². The van der Waals surface area contributed by atoms with Gasteiger partial charge in [0.15, 0.2) is 5.03 Å². The van der Waals surface area contributed by atoms with Gasteiger partial charge >= 0.3 is 10.1 Å². The molecular weight excluding hydrogens is 464 g/mol. The number of anilines is 2. The van der Waals surface area contributed by atoms with E-state index in [2.05, 4.69) is 10.3 Å². The monoisotopic (exact) mass is 487 g/mol. The molecule has 1 fully saturated rings. The summed E-state index contributed by atoms with van der Waals surface area (Å²) in [5, 5.41) is 2.37. The van der Waals surface area contributed by atoms with Crippen molar-refractivity contribution in [2.24, 2.45) is 0 Å². The second-order valence-electron chi connectivity index (χ2n) is 8.25. The lowest BCUT2D eigenvalue weighted by molar-refractivity contribution is 0.0713. The van der Waals surface area contributed by atoms with E-state index in [1.165, 1.54) is 30.3 Å². The van der Waals surface area contributed by atoms with Gasteiger partial charge in [-0.2, -0.15) is 8.42 Å². The molecule has 0 spiro atoms. The molecule has 1 aliphatic rings. The molecule has 0 unspecified atom stereocenters. The minimum absolute atomic E-state index is 0.122. The second kappa shape index (κ2) is 9.47. The van der Waals surface area contributed by atoms with E-state index < -0.39 is 21.0 Å². The van der Waals surface area contributed by atoms with Crippen molar-refractivity contribution in [3.05, 3.63) is 83.1 Å². The third-order valence-corrected chi connectivity index (χ3v) is 6.71. The average molecular weight is 488 g/mol. The topological polar surface area (TPSA) is 99.6 Å². The first-order chi connectivity index (χ1) is 16.1. The van der Waals surface area contributed by atoms with E-state index in [0.29, 0.717) is 37.2 Å². The third kappa shape index (κ3) is 5.23. The Hall–Kier alpha value is -3.37. The van der Waals surface area contributed by atoms with Gasteiger partial charge in [0.25, 0.3) is 5.91 Å². The predicted octanol–water partition coefficient (Wildman–Crippen LogP) is 4.68. The van der Waals surface area contributed by atoms with Crippen molar-refractivity contribution >= 4 is 27.4 Å². The summed E-state index contributed by atoms with van der Waals surface area (Å²) in [7, 11) is -4.61. The van der Waals surface area contributed by atoms with E-state index in [1.54, 1.807) is 24.0 Å². The lowest BCUT2D eigenvalue weighted by Gasteiger charge is -2.32. The fourth-order valence-corrected chi connectivity index (χ4v) is 4.54. The number of likely N-dealkylation sites (tertiary alicyclic amines) is 1. The van der Waals surface area contributed by atoms with Gasteiger partial charge in [-0.15, -0.1) is 0 Å².